The quantitative estimate of drug-likeness (QED) is 0.320. The Morgan fingerprint density at radius 2 is 0.737 bits per heavy atom. The first-order chi connectivity index (χ1) is 9.41. The van der Waals surface area contributed by atoms with Crippen LogP contribution in [0.4, 0.5) is 0 Å². The van der Waals surface area contributed by atoms with Gasteiger partial charge in [0.2, 0.25) is 0 Å². The molecule has 0 aromatic rings. The summed E-state index contributed by atoms with van der Waals surface area (Å²) in [6.07, 6.45) is 6.38. The molecule has 0 fully saturated rings. The Bertz CT molecular complexity index is 137. The first-order valence-corrected chi connectivity index (χ1v) is 8.24. The molecule has 0 atom stereocenters. The fraction of sp³-hybridized carbons (Fsp3) is 1.00. The van der Waals surface area contributed by atoms with Gasteiger partial charge in [-0.2, -0.15) is 0 Å². The van der Waals surface area contributed by atoms with Gasteiger partial charge in [0.25, 0.3) is 0 Å². The van der Waals surface area contributed by atoms with Gasteiger partial charge in [0.05, 0.1) is 0 Å². The lowest BCUT2D eigenvalue weighted by molar-refractivity contribution is 0.548. The van der Waals surface area contributed by atoms with Crippen LogP contribution in [-0.2, 0) is 0 Å². The van der Waals surface area contributed by atoms with Crippen molar-refractivity contribution < 1.29 is 0 Å². The van der Waals surface area contributed by atoms with Crippen molar-refractivity contribution in [3.63, 3.8) is 0 Å². The summed E-state index contributed by atoms with van der Waals surface area (Å²) in [6, 6.07) is 0. The molecule has 0 aliphatic heterocycles. The Hall–Kier alpha value is -0.160. The molecule has 116 valence electrons. The van der Waals surface area contributed by atoms with E-state index in [0.29, 0.717) is 0 Å². The van der Waals surface area contributed by atoms with Gasteiger partial charge >= 0.3 is 0 Å². The fourth-order valence-electron chi connectivity index (χ4n) is 1.94. The standard InChI is InChI=1S/C15H36N4/c1-3-16-10-5-6-11-18-12-7-8-13-19-15-9-14-17-4-2/h16-19H,3-15H2,1-2H3. The molecule has 4 N–H and O–H groups in total. The molecule has 0 saturated carbocycles. The maximum Gasteiger partial charge on any atom is -0.00368 e. The first kappa shape index (κ1) is 18.8. The Morgan fingerprint density at radius 3 is 1.16 bits per heavy atom. The maximum atomic E-state index is 3.52. The highest BCUT2D eigenvalue weighted by Gasteiger charge is 1.91. The Labute approximate surface area is 120 Å². The van der Waals surface area contributed by atoms with Gasteiger partial charge in [-0.05, 0) is 84.5 Å². The Morgan fingerprint density at radius 1 is 0.421 bits per heavy atom. The average molecular weight is 272 g/mol. The van der Waals surface area contributed by atoms with Crippen LogP contribution in [0.2, 0.25) is 0 Å². The van der Waals surface area contributed by atoms with Gasteiger partial charge in [-0.1, -0.05) is 13.8 Å². The average Bonchev–Trinajstić information content (AvgIpc) is 2.43. The van der Waals surface area contributed by atoms with Crippen LogP contribution in [0, 0.1) is 0 Å². The number of nitrogens with one attached hydrogen (secondary N) is 4. The molecule has 0 amide bonds. The predicted molar refractivity (Wildman–Crippen MR) is 85.9 cm³/mol. The lowest BCUT2D eigenvalue weighted by Crippen LogP contribution is -2.23. The summed E-state index contributed by atoms with van der Waals surface area (Å²) in [5.74, 6) is 0. The van der Waals surface area contributed by atoms with Crippen molar-refractivity contribution in [2.24, 2.45) is 0 Å². The molecule has 4 heteroatoms. The molecular weight excluding hydrogens is 236 g/mol. The summed E-state index contributed by atoms with van der Waals surface area (Å²) < 4.78 is 0. The molecule has 0 radical (unpaired) electrons. The minimum absolute atomic E-state index is 1.08. The second kappa shape index (κ2) is 17.8. The van der Waals surface area contributed by atoms with Gasteiger partial charge in [0.15, 0.2) is 0 Å². The number of hydrogen-bond acceptors (Lipinski definition) is 4. The van der Waals surface area contributed by atoms with E-state index >= 15 is 0 Å². The molecule has 4 nitrogen and oxygen atoms in total. The third-order valence-electron chi connectivity index (χ3n) is 3.12. The molecular formula is C15H36N4. The van der Waals surface area contributed by atoms with Crippen molar-refractivity contribution in [1.82, 2.24) is 21.3 Å². The maximum absolute atomic E-state index is 3.52. The molecule has 0 heterocycles. The summed E-state index contributed by atoms with van der Waals surface area (Å²) in [6.45, 7) is 13.4. The largest absolute Gasteiger partial charge is 0.317 e. The molecule has 0 bridgehead atoms. The van der Waals surface area contributed by atoms with Gasteiger partial charge in [-0.25, -0.2) is 0 Å². The summed E-state index contributed by atoms with van der Waals surface area (Å²) in [4.78, 5) is 0. The van der Waals surface area contributed by atoms with Crippen molar-refractivity contribution >= 4 is 0 Å². The molecule has 0 saturated heterocycles. The predicted octanol–water partition coefficient (Wildman–Crippen LogP) is 1.34. The van der Waals surface area contributed by atoms with Crippen molar-refractivity contribution in [3.05, 3.63) is 0 Å². The normalized spacial score (nSPS) is 11.1. The topological polar surface area (TPSA) is 48.1 Å². The van der Waals surface area contributed by atoms with E-state index in [1.807, 2.05) is 0 Å². The monoisotopic (exact) mass is 272 g/mol. The Kier molecular flexibility index (Phi) is 17.7. The fourth-order valence-corrected chi connectivity index (χ4v) is 1.94. The van der Waals surface area contributed by atoms with E-state index in [1.54, 1.807) is 0 Å². The van der Waals surface area contributed by atoms with E-state index in [1.165, 1.54) is 45.2 Å². The zero-order chi connectivity index (χ0) is 14.0. The molecule has 0 spiro atoms. The summed E-state index contributed by atoms with van der Waals surface area (Å²) in [7, 11) is 0. The van der Waals surface area contributed by atoms with Gasteiger partial charge in [-0.3, -0.25) is 0 Å². The molecule has 19 heavy (non-hydrogen) atoms. The highest BCUT2D eigenvalue weighted by Crippen LogP contribution is 1.88. The lowest BCUT2D eigenvalue weighted by atomic mass is 10.2. The van der Waals surface area contributed by atoms with E-state index in [4.69, 9.17) is 0 Å². The lowest BCUT2D eigenvalue weighted by Gasteiger charge is -2.06. The van der Waals surface area contributed by atoms with Crippen LogP contribution >= 0.6 is 0 Å². The van der Waals surface area contributed by atoms with E-state index in [2.05, 4.69) is 35.1 Å². The highest BCUT2D eigenvalue weighted by molar-refractivity contribution is 4.54. The van der Waals surface area contributed by atoms with Crippen LogP contribution in [0.1, 0.15) is 46.0 Å². The molecule has 0 aromatic carbocycles. The summed E-state index contributed by atoms with van der Waals surface area (Å²) in [5, 5.41) is 13.7. The second-order valence-corrected chi connectivity index (χ2v) is 4.97. The van der Waals surface area contributed by atoms with Crippen molar-refractivity contribution in [2.45, 2.75) is 46.0 Å². The number of hydrogen-bond donors (Lipinski definition) is 4. The van der Waals surface area contributed by atoms with Crippen LogP contribution in [-0.4, -0.2) is 52.4 Å². The van der Waals surface area contributed by atoms with E-state index in [9.17, 15) is 0 Å². The number of rotatable bonds is 16. The third kappa shape index (κ3) is 17.8. The van der Waals surface area contributed by atoms with Crippen molar-refractivity contribution in [3.8, 4) is 0 Å². The zero-order valence-electron chi connectivity index (χ0n) is 13.2. The molecule has 0 unspecified atom stereocenters. The smallest absolute Gasteiger partial charge is 0.00368 e. The van der Waals surface area contributed by atoms with Gasteiger partial charge in [0.1, 0.15) is 0 Å². The van der Waals surface area contributed by atoms with Gasteiger partial charge in [0, 0.05) is 0 Å². The van der Waals surface area contributed by atoms with Gasteiger partial charge in [-0.15, -0.1) is 0 Å². The van der Waals surface area contributed by atoms with E-state index < -0.39 is 0 Å². The van der Waals surface area contributed by atoms with Crippen molar-refractivity contribution in [1.29, 1.82) is 0 Å². The molecule has 0 aromatic heterocycles. The van der Waals surface area contributed by atoms with Crippen LogP contribution < -0.4 is 21.3 Å². The van der Waals surface area contributed by atoms with E-state index in [0.717, 1.165) is 39.3 Å². The minimum atomic E-state index is 1.08. The first-order valence-electron chi connectivity index (χ1n) is 8.24. The third-order valence-corrected chi connectivity index (χ3v) is 3.12. The van der Waals surface area contributed by atoms with Crippen molar-refractivity contribution in [2.75, 3.05) is 52.4 Å². The minimum Gasteiger partial charge on any atom is -0.317 e. The van der Waals surface area contributed by atoms with Crippen LogP contribution in [0.5, 0.6) is 0 Å². The second-order valence-electron chi connectivity index (χ2n) is 4.97. The molecule has 0 rings (SSSR count). The van der Waals surface area contributed by atoms with Crippen LogP contribution in [0.25, 0.3) is 0 Å². The van der Waals surface area contributed by atoms with Gasteiger partial charge < -0.3 is 21.3 Å². The Balaban J connectivity index is 2.88. The highest BCUT2D eigenvalue weighted by atomic mass is 14.9. The van der Waals surface area contributed by atoms with Crippen LogP contribution in [0.3, 0.4) is 0 Å². The van der Waals surface area contributed by atoms with Crippen LogP contribution in [0.15, 0.2) is 0 Å². The molecule has 0 aliphatic carbocycles. The zero-order valence-corrected chi connectivity index (χ0v) is 13.2. The summed E-state index contributed by atoms with van der Waals surface area (Å²) >= 11 is 0. The number of unbranched alkanes of at least 4 members (excludes halogenated alkanes) is 2. The summed E-state index contributed by atoms with van der Waals surface area (Å²) in [5.41, 5.74) is 0. The SMILES string of the molecule is CCNCCCCNCCCCNCCCNCC. The molecule has 0 aliphatic rings. The van der Waals surface area contributed by atoms with E-state index in [-0.39, 0.29) is 0 Å².